The minimum Gasteiger partial charge on any atom is -0.399 e. The van der Waals surface area contributed by atoms with E-state index in [2.05, 4.69) is 15.6 Å². The number of nitrogens with two attached hydrogens (primary N) is 1. The zero-order valence-electron chi connectivity index (χ0n) is 19.4. The van der Waals surface area contributed by atoms with Gasteiger partial charge >= 0.3 is 0 Å². The van der Waals surface area contributed by atoms with Crippen molar-refractivity contribution in [2.24, 2.45) is 0 Å². The van der Waals surface area contributed by atoms with Gasteiger partial charge in [-0.2, -0.15) is 0 Å². The van der Waals surface area contributed by atoms with Crippen LogP contribution in [0.4, 0.5) is 5.69 Å². The molecule has 0 spiro atoms. The van der Waals surface area contributed by atoms with Crippen molar-refractivity contribution < 1.29 is 28.6 Å². The molecule has 1 aliphatic rings. The van der Waals surface area contributed by atoms with Crippen molar-refractivity contribution in [3.8, 4) is 11.3 Å². The molecule has 3 amide bonds. The highest BCUT2D eigenvalue weighted by molar-refractivity contribution is 6.13. The summed E-state index contributed by atoms with van der Waals surface area (Å²) >= 11 is 0. The highest BCUT2D eigenvalue weighted by Gasteiger charge is 2.23. The van der Waals surface area contributed by atoms with Crippen molar-refractivity contribution in [1.29, 1.82) is 0 Å². The number of nitrogens with one attached hydrogen (secondary N) is 1. The zero-order chi connectivity index (χ0) is 24.9. The van der Waals surface area contributed by atoms with Gasteiger partial charge in [0.1, 0.15) is 5.69 Å². The van der Waals surface area contributed by atoms with Crippen LogP contribution >= 0.6 is 0 Å². The molecule has 2 heterocycles. The number of nitrogens with zero attached hydrogens (tertiary/aromatic N) is 4. The van der Waals surface area contributed by atoms with Crippen LogP contribution in [0.1, 0.15) is 6.42 Å². The fourth-order valence-corrected chi connectivity index (χ4v) is 3.11. The lowest BCUT2D eigenvalue weighted by Gasteiger charge is -2.13. The molecule has 2 aromatic rings. The van der Waals surface area contributed by atoms with E-state index in [1.54, 1.807) is 4.68 Å². The molecule has 0 atom stereocenters. The SMILES string of the molecule is Nc1ccc(-c2cn(CCOCCOCCOCCNC(=O)CCN3C(=O)C=CC3=O)nn2)cc1. The molecule has 3 N–H and O–H groups in total. The zero-order valence-corrected chi connectivity index (χ0v) is 19.4. The molecule has 1 aromatic carbocycles. The quantitative estimate of drug-likeness (QED) is 0.190. The van der Waals surface area contributed by atoms with Gasteiger partial charge in [0.25, 0.3) is 11.8 Å². The first-order valence-electron chi connectivity index (χ1n) is 11.3. The number of ether oxygens (including phenoxy) is 3. The molecule has 0 saturated carbocycles. The van der Waals surface area contributed by atoms with Gasteiger partial charge < -0.3 is 25.3 Å². The van der Waals surface area contributed by atoms with E-state index in [1.807, 2.05) is 30.5 Å². The van der Waals surface area contributed by atoms with E-state index in [9.17, 15) is 14.4 Å². The van der Waals surface area contributed by atoms with Crippen LogP contribution in [0, 0.1) is 0 Å². The average Bonchev–Trinajstić information content (AvgIpc) is 3.45. The van der Waals surface area contributed by atoms with Crippen LogP contribution in [0.15, 0.2) is 42.6 Å². The van der Waals surface area contributed by atoms with Gasteiger partial charge in [-0.15, -0.1) is 5.10 Å². The molecule has 0 fully saturated rings. The van der Waals surface area contributed by atoms with Gasteiger partial charge in [-0.1, -0.05) is 17.3 Å². The normalized spacial score (nSPS) is 13.1. The molecule has 1 aromatic heterocycles. The number of carbonyl (C=O) groups is 3. The number of hydrogen-bond donors (Lipinski definition) is 2. The largest absolute Gasteiger partial charge is 0.399 e. The van der Waals surface area contributed by atoms with E-state index in [4.69, 9.17) is 19.9 Å². The number of benzene rings is 1. The summed E-state index contributed by atoms with van der Waals surface area (Å²) in [5.41, 5.74) is 8.13. The second kappa shape index (κ2) is 13.9. The Morgan fingerprint density at radius 1 is 0.886 bits per heavy atom. The molecule has 1 aliphatic heterocycles. The Labute approximate surface area is 203 Å². The summed E-state index contributed by atoms with van der Waals surface area (Å²) in [7, 11) is 0. The van der Waals surface area contributed by atoms with Crippen molar-refractivity contribution in [1.82, 2.24) is 25.2 Å². The fraction of sp³-hybridized carbons (Fsp3) is 0.435. The Morgan fingerprint density at radius 3 is 2.20 bits per heavy atom. The molecule has 188 valence electrons. The van der Waals surface area contributed by atoms with Crippen LogP contribution in [0.5, 0.6) is 0 Å². The number of amides is 3. The number of carbonyl (C=O) groups excluding carboxylic acids is 3. The highest BCUT2D eigenvalue weighted by atomic mass is 16.5. The van der Waals surface area contributed by atoms with Crippen LogP contribution in [-0.4, -0.2) is 90.3 Å². The second-order valence-corrected chi connectivity index (χ2v) is 7.59. The summed E-state index contributed by atoms with van der Waals surface area (Å²) < 4.78 is 18.1. The third-order valence-electron chi connectivity index (χ3n) is 4.99. The lowest BCUT2D eigenvalue weighted by Crippen LogP contribution is -2.35. The Bertz CT molecular complexity index is 988. The lowest BCUT2D eigenvalue weighted by molar-refractivity contribution is -0.137. The summed E-state index contributed by atoms with van der Waals surface area (Å²) in [6.45, 7) is 3.51. The van der Waals surface area contributed by atoms with E-state index in [1.165, 1.54) is 12.2 Å². The lowest BCUT2D eigenvalue weighted by atomic mass is 10.1. The van der Waals surface area contributed by atoms with Crippen molar-refractivity contribution >= 4 is 23.4 Å². The summed E-state index contributed by atoms with van der Waals surface area (Å²) in [6.07, 6.45) is 4.31. The van der Waals surface area contributed by atoms with E-state index in [0.29, 0.717) is 58.4 Å². The molecule has 0 bridgehead atoms. The number of hydrogen-bond acceptors (Lipinski definition) is 9. The molecule has 35 heavy (non-hydrogen) atoms. The summed E-state index contributed by atoms with van der Waals surface area (Å²) in [6, 6.07) is 7.46. The maximum atomic E-state index is 11.8. The minimum atomic E-state index is -0.393. The van der Waals surface area contributed by atoms with Crippen LogP contribution in [0.3, 0.4) is 0 Å². The van der Waals surface area contributed by atoms with Gasteiger partial charge in [-0.25, -0.2) is 4.68 Å². The van der Waals surface area contributed by atoms with Crippen LogP contribution in [0.2, 0.25) is 0 Å². The smallest absolute Gasteiger partial charge is 0.253 e. The van der Waals surface area contributed by atoms with Gasteiger partial charge in [0.2, 0.25) is 5.91 Å². The molecule has 0 saturated heterocycles. The highest BCUT2D eigenvalue weighted by Crippen LogP contribution is 2.17. The number of nitrogen functional groups attached to an aromatic ring is 1. The van der Waals surface area contributed by atoms with Gasteiger partial charge in [0.15, 0.2) is 0 Å². The number of anilines is 1. The van der Waals surface area contributed by atoms with Crippen molar-refractivity contribution in [2.45, 2.75) is 13.0 Å². The third-order valence-corrected chi connectivity index (χ3v) is 4.99. The van der Waals surface area contributed by atoms with Gasteiger partial charge in [0.05, 0.1) is 52.4 Å². The molecule has 3 rings (SSSR count). The van der Waals surface area contributed by atoms with E-state index in [-0.39, 0.29) is 18.9 Å². The topological polar surface area (TPSA) is 151 Å². The predicted molar refractivity (Wildman–Crippen MR) is 126 cm³/mol. The van der Waals surface area contributed by atoms with Crippen LogP contribution < -0.4 is 11.1 Å². The standard InChI is InChI=1S/C23H30N6O6/c24-19-3-1-18(2-4-19)20-17-28(27-26-20)10-12-34-14-16-35-15-13-33-11-8-25-21(30)7-9-29-22(31)5-6-23(29)32/h1-6,17H,7-16,24H2,(H,25,30). The first kappa shape index (κ1) is 26.0. The maximum absolute atomic E-state index is 11.8. The molecule has 12 nitrogen and oxygen atoms in total. The molecule has 12 heteroatoms. The molecular weight excluding hydrogens is 456 g/mol. The summed E-state index contributed by atoms with van der Waals surface area (Å²) in [5.74, 6) is -1.03. The molecule has 0 radical (unpaired) electrons. The Morgan fingerprint density at radius 2 is 1.51 bits per heavy atom. The molecule has 0 unspecified atom stereocenters. The monoisotopic (exact) mass is 486 g/mol. The van der Waals surface area contributed by atoms with Crippen molar-refractivity contribution in [2.75, 3.05) is 58.5 Å². The Kier molecular flexibility index (Phi) is 10.4. The van der Waals surface area contributed by atoms with E-state index in [0.717, 1.165) is 16.2 Å². The van der Waals surface area contributed by atoms with Crippen molar-refractivity contribution in [3.63, 3.8) is 0 Å². The maximum Gasteiger partial charge on any atom is 0.253 e. The molecular formula is C23H30N6O6. The Hall–Kier alpha value is -3.61. The number of imide groups is 1. The number of aromatic nitrogens is 3. The first-order chi connectivity index (χ1) is 17.0. The number of rotatable bonds is 16. The predicted octanol–water partition coefficient (Wildman–Crippen LogP) is 0.00840. The summed E-state index contributed by atoms with van der Waals surface area (Å²) in [4.78, 5) is 35.6. The molecule has 0 aliphatic carbocycles. The third kappa shape index (κ3) is 8.92. The van der Waals surface area contributed by atoms with Crippen molar-refractivity contribution in [3.05, 3.63) is 42.6 Å². The van der Waals surface area contributed by atoms with Crippen LogP contribution in [0.25, 0.3) is 11.3 Å². The first-order valence-corrected chi connectivity index (χ1v) is 11.3. The summed E-state index contributed by atoms with van der Waals surface area (Å²) in [5, 5.41) is 10.9. The second-order valence-electron chi connectivity index (χ2n) is 7.59. The fourth-order valence-electron chi connectivity index (χ4n) is 3.11. The Balaban J connectivity index is 1.11. The van der Waals surface area contributed by atoms with Crippen LogP contribution in [-0.2, 0) is 35.1 Å². The minimum absolute atomic E-state index is 0.0585. The van der Waals surface area contributed by atoms with E-state index < -0.39 is 11.8 Å². The van der Waals surface area contributed by atoms with Gasteiger partial charge in [-0.05, 0) is 12.1 Å². The van der Waals surface area contributed by atoms with E-state index >= 15 is 0 Å². The van der Waals surface area contributed by atoms with Gasteiger partial charge in [-0.3, -0.25) is 19.3 Å². The van der Waals surface area contributed by atoms with Gasteiger partial charge in [0, 0.05) is 42.9 Å². The average molecular weight is 487 g/mol.